The summed E-state index contributed by atoms with van der Waals surface area (Å²) in [6.07, 6.45) is 3.12. The van der Waals surface area contributed by atoms with E-state index in [1.165, 1.54) is 0 Å². The van der Waals surface area contributed by atoms with E-state index in [1.54, 1.807) is 11.0 Å². The van der Waals surface area contributed by atoms with Crippen molar-refractivity contribution in [3.8, 4) is 11.1 Å². The largest absolute Gasteiger partial charge is 0.448 e. The third-order valence-electron chi connectivity index (χ3n) is 7.28. The lowest BCUT2D eigenvalue weighted by Crippen LogP contribution is -2.43. The number of amides is 1. The van der Waals surface area contributed by atoms with Crippen LogP contribution in [0.4, 0.5) is 18.0 Å². The molecule has 1 fully saturated rings. The first-order valence-corrected chi connectivity index (χ1v) is 11.5. The van der Waals surface area contributed by atoms with E-state index in [4.69, 9.17) is 4.74 Å². The summed E-state index contributed by atoms with van der Waals surface area (Å²) in [4.78, 5) is 14.8. The van der Waals surface area contributed by atoms with Crippen molar-refractivity contribution in [2.45, 2.75) is 37.3 Å². The SMILES string of the molecule is O=C(OCC1c2ccccc2-c2ccccc21)N1C2C=C(c3cc(F)cc(F)c3F)CC1CC2. The molecule has 2 atom stereocenters. The molecule has 2 bridgehead atoms. The van der Waals surface area contributed by atoms with E-state index >= 15 is 0 Å². The molecule has 0 spiro atoms. The number of carbonyl (C=O) groups excluding carboxylic acids is 1. The quantitative estimate of drug-likeness (QED) is 0.408. The van der Waals surface area contributed by atoms with Crippen LogP contribution in [0, 0.1) is 17.5 Å². The van der Waals surface area contributed by atoms with Gasteiger partial charge >= 0.3 is 6.09 Å². The number of ether oxygens (including phenoxy) is 1. The lowest BCUT2D eigenvalue weighted by Gasteiger charge is -2.33. The molecule has 34 heavy (non-hydrogen) atoms. The van der Waals surface area contributed by atoms with Gasteiger partial charge in [0.1, 0.15) is 12.4 Å². The molecular formula is C28H22F3NO2. The molecule has 2 aliphatic heterocycles. The van der Waals surface area contributed by atoms with Crippen molar-refractivity contribution in [1.82, 2.24) is 4.90 Å². The van der Waals surface area contributed by atoms with E-state index in [2.05, 4.69) is 24.3 Å². The second kappa shape index (κ2) is 8.05. The van der Waals surface area contributed by atoms with Gasteiger partial charge < -0.3 is 4.74 Å². The van der Waals surface area contributed by atoms with Crippen LogP contribution >= 0.6 is 0 Å². The molecule has 1 amide bonds. The van der Waals surface area contributed by atoms with Crippen LogP contribution in [0.1, 0.15) is 41.9 Å². The van der Waals surface area contributed by atoms with Crippen LogP contribution < -0.4 is 0 Å². The van der Waals surface area contributed by atoms with E-state index < -0.39 is 23.5 Å². The van der Waals surface area contributed by atoms with Gasteiger partial charge in [-0.15, -0.1) is 0 Å². The fourth-order valence-corrected chi connectivity index (χ4v) is 5.77. The van der Waals surface area contributed by atoms with Crippen molar-refractivity contribution in [2.75, 3.05) is 6.61 Å². The minimum atomic E-state index is -1.21. The van der Waals surface area contributed by atoms with Crippen molar-refractivity contribution in [2.24, 2.45) is 0 Å². The summed E-state index contributed by atoms with van der Waals surface area (Å²) < 4.78 is 47.6. The molecule has 1 aliphatic carbocycles. The summed E-state index contributed by atoms with van der Waals surface area (Å²) in [7, 11) is 0. The van der Waals surface area contributed by atoms with Crippen LogP contribution in [0.15, 0.2) is 66.7 Å². The second-order valence-electron chi connectivity index (χ2n) is 9.15. The fourth-order valence-electron chi connectivity index (χ4n) is 5.77. The van der Waals surface area contributed by atoms with Crippen LogP contribution in [0.25, 0.3) is 16.7 Å². The van der Waals surface area contributed by atoms with Crippen molar-refractivity contribution >= 4 is 11.7 Å². The monoisotopic (exact) mass is 461 g/mol. The molecule has 0 aromatic heterocycles. The van der Waals surface area contributed by atoms with Crippen molar-refractivity contribution in [1.29, 1.82) is 0 Å². The number of rotatable bonds is 3. The van der Waals surface area contributed by atoms with Crippen molar-refractivity contribution < 1.29 is 22.7 Å². The molecule has 2 heterocycles. The number of halogens is 3. The zero-order valence-corrected chi connectivity index (χ0v) is 18.3. The fraction of sp³-hybridized carbons (Fsp3) is 0.250. The maximum absolute atomic E-state index is 14.3. The van der Waals surface area contributed by atoms with E-state index in [0.29, 0.717) is 24.5 Å². The Morgan fingerprint density at radius 3 is 2.26 bits per heavy atom. The molecule has 6 heteroatoms. The summed E-state index contributed by atoms with van der Waals surface area (Å²) in [5, 5.41) is 0. The summed E-state index contributed by atoms with van der Waals surface area (Å²) in [6.45, 7) is 0.225. The Morgan fingerprint density at radius 2 is 1.59 bits per heavy atom. The Morgan fingerprint density at radius 1 is 0.912 bits per heavy atom. The van der Waals surface area contributed by atoms with Crippen LogP contribution in [-0.2, 0) is 4.74 Å². The van der Waals surface area contributed by atoms with Gasteiger partial charge in [0.15, 0.2) is 11.6 Å². The minimum Gasteiger partial charge on any atom is -0.448 e. The molecular weight excluding hydrogens is 439 g/mol. The summed E-state index contributed by atoms with van der Waals surface area (Å²) in [5.41, 5.74) is 5.07. The topological polar surface area (TPSA) is 29.5 Å². The van der Waals surface area contributed by atoms with Gasteiger partial charge in [0.25, 0.3) is 0 Å². The molecule has 3 nitrogen and oxygen atoms in total. The highest BCUT2D eigenvalue weighted by atomic mass is 19.2. The summed E-state index contributed by atoms with van der Waals surface area (Å²) >= 11 is 0. The zero-order chi connectivity index (χ0) is 23.4. The Kier molecular flexibility index (Phi) is 4.97. The first kappa shape index (κ1) is 21.0. The number of nitrogens with zero attached hydrogens (tertiary/aromatic N) is 1. The number of benzene rings is 3. The third kappa shape index (κ3) is 3.31. The Hall–Kier alpha value is -3.54. The molecule has 0 N–H and O–H groups in total. The third-order valence-corrected chi connectivity index (χ3v) is 7.28. The normalized spacial score (nSPS) is 20.7. The van der Waals surface area contributed by atoms with Crippen LogP contribution in [0.5, 0.6) is 0 Å². The first-order chi connectivity index (χ1) is 16.5. The van der Waals surface area contributed by atoms with Crippen molar-refractivity contribution in [3.63, 3.8) is 0 Å². The van der Waals surface area contributed by atoms with Crippen LogP contribution in [0.3, 0.4) is 0 Å². The summed E-state index contributed by atoms with van der Waals surface area (Å²) in [5.74, 6) is -3.11. The molecule has 172 valence electrons. The Bertz CT molecular complexity index is 1290. The molecule has 1 saturated heterocycles. The van der Waals surface area contributed by atoms with Gasteiger partial charge in [-0.05, 0) is 53.2 Å². The van der Waals surface area contributed by atoms with Gasteiger partial charge in [-0.1, -0.05) is 54.6 Å². The predicted octanol–water partition coefficient (Wildman–Crippen LogP) is 6.67. The average Bonchev–Trinajstić information content (AvgIpc) is 3.30. The lowest BCUT2D eigenvalue weighted by atomic mass is 9.94. The standard InChI is InChI=1S/C28H22F3NO2/c29-17-13-24(27(31)26(30)14-17)16-11-18-9-10-19(12-16)32(18)28(33)34-15-25-22-7-3-1-5-20(22)21-6-2-4-8-23(21)25/h1-8,11,13-14,18-19,25H,9-10,12,15H2. The number of carbonyl (C=O) groups is 1. The van der Waals surface area contributed by atoms with Gasteiger partial charge in [-0.25, -0.2) is 18.0 Å². The number of hydrogen-bond acceptors (Lipinski definition) is 2. The smallest absolute Gasteiger partial charge is 0.410 e. The van der Waals surface area contributed by atoms with E-state index in [1.807, 2.05) is 24.3 Å². The highest BCUT2D eigenvalue weighted by molar-refractivity contribution is 5.79. The summed E-state index contributed by atoms with van der Waals surface area (Å²) in [6, 6.07) is 17.4. The lowest BCUT2D eigenvalue weighted by molar-refractivity contribution is 0.0866. The average molecular weight is 461 g/mol. The highest BCUT2D eigenvalue weighted by Crippen LogP contribution is 2.45. The molecule has 0 saturated carbocycles. The number of fused-ring (bicyclic) bond motifs is 5. The molecule has 3 aromatic rings. The first-order valence-electron chi connectivity index (χ1n) is 11.5. The Balaban J connectivity index is 1.22. The highest BCUT2D eigenvalue weighted by Gasteiger charge is 2.41. The predicted molar refractivity (Wildman–Crippen MR) is 123 cm³/mol. The zero-order valence-electron chi connectivity index (χ0n) is 18.3. The Labute approximate surface area is 195 Å². The molecule has 3 aromatic carbocycles. The minimum absolute atomic E-state index is 0.0331. The van der Waals surface area contributed by atoms with Gasteiger partial charge in [-0.2, -0.15) is 0 Å². The van der Waals surface area contributed by atoms with Gasteiger partial charge in [0.2, 0.25) is 0 Å². The maximum Gasteiger partial charge on any atom is 0.410 e. The van der Waals surface area contributed by atoms with Crippen LogP contribution in [0.2, 0.25) is 0 Å². The van der Waals surface area contributed by atoms with Gasteiger partial charge in [0.05, 0.1) is 6.04 Å². The second-order valence-corrected chi connectivity index (χ2v) is 9.15. The van der Waals surface area contributed by atoms with Gasteiger partial charge in [-0.3, -0.25) is 4.90 Å². The maximum atomic E-state index is 14.3. The molecule has 6 rings (SSSR count). The van der Waals surface area contributed by atoms with E-state index in [0.717, 1.165) is 34.7 Å². The van der Waals surface area contributed by atoms with E-state index in [9.17, 15) is 18.0 Å². The van der Waals surface area contributed by atoms with Crippen LogP contribution in [-0.4, -0.2) is 29.7 Å². The molecule has 0 radical (unpaired) electrons. The van der Waals surface area contributed by atoms with Crippen molar-refractivity contribution in [3.05, 3.63) is 101 Å². The molecule has 3 aliphatic rings. The van der Waals surface area contributed by atoms with E-state index in [-0.39, 0.29) is 30.2 Å². The molecule has 2 unspecified atom stereocenters. The van der Waals surface area contributed by atoms with Gasteiger partial charge in [0, 0.05) is 23.6 Å². The number of hydrogen-bond donors (Lipinski definition) is 0.